The van der Waals surface area contributed by atoms with E-state index in [9.17, 15) is 8.78 Å². The average Bonchev–Trinajstić information content (AvgIpc) is 2.61. The molecule has 1 nitrogen and oxygen atoms in total. The van der Waals surface area contributed by atoms with Gasteiger partial charge in [0.15, 0.2) is 11.6 Å². The fourth-order valence-corrected chi connectivity index (χ4v) is 3.90. The fourth-order valence-electron chi connectivity index (χ4n) is 3.90. The van der Waals surface area contributed by atoms with E-state index in [4.69, 9.17) is 5.26 Å². The molecule has 0 aromatic heterocycles. The summed E-state index contributed by atoms with van der Waals surface area (Å²) >= 11 is 0. The van der Waals surface area contributed by atoms with Crippen molar-refractivity contribution in [2.45, 2.75) is 77.6 Å². The number of rotatable bonds is 8. The molecular formula is C21H29F2N. The first kappa shape index (κ1) is 18.9. The first-order valence-electron chi connectivity index (χ1n) is 9.52. The number of halogens is 2. The standard InChI is InChI=1S/C21H29F2N/c1-2-3-4-5-6-16-7-9-17(10-8-16)11-12-18-13-14-19(15-24)21(23)20(18)22/h13-14,16-17H,2-12H2,1H3/t16-,17-. The van der Waals surface area contributed by atoms with E-state index in [0.717, 1.165) is 12.3 Å². The monoisotopic (exact) mass is 333 g/mol. The maximum atomic E-state index is 13.9. The summed E-state index contributed by atoms with van der Waals surface area (Å²) < 4.78 is 27.6. The van der Waals surface area contributed by atoms with Gasteiger partial charge in [0.05, 0.1) is 5.56 Å². The Bertz CT molecular complexity index is 554. The van der Waals surface area contributed by atoms with E-state index in [1.165, 1.54) is 63.9 Å². The lowest BCUT2D eigenvalue weighted by Crippen LogP contribution is -2.15. The van der Waals surface area contributed by atoms with Gasteiger partial charge in [0.1, 0.15) is 6.07 Å². The maximum Gasteiger partial charge on any atom is 0.176 e. The van der Waals surface area contributed by atoms with Gasteiger partial charge in [-0.25, -0.2) is 8.78 Å². The second kappa shape index (κ2) is 9.77. The highest BCUT2D eigenvalue weighted by molar-refractivity contribution is 5.34. The summed E-state index contributed by atoms with van der Waals surface area (Å²) in [6.07, 6.45) is 13.2. The van der Waals surface area contributed by atoms with E-state index in [-0.39, 0.29) is 5.56 Å². The first-order valence-corrected chi connectivity index (χ1v) is 9.52. The highest BCUT2D eigenvalue weighted by atomic mass is 19.2. The predicted molar refractivity (Wildman–Crippen MR) is 93.6 cm³/mol. The van der Waals surface area contributed by atoms with Gasteiger partial charge in [-0.05, 0) is 36.3 Å². The van der Waals surface area contributed by atoms with Gasteiger partial charge < -0.3 is 0 Å². The van der Waals surface area contributed by atoms with Gasteiger partial charge in [0.2, 0.25) is 0 Å². The van der Waals surface area contributed by atoms with Crippen LogP contribution in [0.25, 0.3) is 0 Å². The van der Waals surface area contributed by atoms with E-state index >= 15 is 0 Å². The Morgan fingerprint density at radius 1 is 0.958 bits per heavy atom. The lowest BCUT2D eigenvalue weighted by molar-refractivity contribution is 0.248. The number of benzene rings is 1. The van der Waals surface area contributed by atoms with Gasteiger partial charge in [-0.15, -0.1) is 0 Å². The van der Waals surface area contributed by atoms with Crippen LogP contribution in [0.15, 0.2) is 12.1 Å². The van der Waals surface area contributed by atoms with Crippen LogP contribution in [0, 0.1) is 34.8 Å². The third kappa shape index (κ3) is 5.30. The van der Waals surface area contributed by atoms with E-state index in [2.05, 4.69) is 6.92 Å². The van der Waals surface area contributed by atoms with Crippen LogP contribution in [0.4, 0.5) is 8.78 Å². The fraction of sp³-hybridized carbons (Fsp3) is 0.667. The van der Waals surface area contributed by atoms with Gasteiger partial charge in [-0.2, -0.15) is 5.26 Å². The molecule has 0 atom stereocenters. The molecule has 1 fully saturated rings. The van der Waals surface area contributed by atoms with Crippen LogP contribution < -0.4 is 0 Å². The molecule has 3 heteroatoms. The summed E-state index contributed by atoms with van der Waals surface area (Å²) in [5, 5.41) is 8.73. The van der Waals surface area contributed by atoms with Gasteiger partial charge in [0, 0.05) is 0 Å². The Balaban J connectivity index is 1.73. The van der Waals surface area contributed by atoms with Crippen molar-refractivity contribution in [3.8, 4) is 6.07 Å². The van der Waals surface area contributed by atoms with Crippen molar-refractivity contribution in [3.63, 3.8) is 0 Å². The molecule has 1 aliphatic rings. The smallest absolute Gasteiger partial charge is 0.176 e. The van der Waals surface area contributed by atoms with E-state index in [0.29, 0.717) is 17.9 Å². The quantitative estimate of drug-likeness (QED) is 0.495. The number of hydrogen-bond acceptors (Lipinski definition) is 1. The molecule has 0 heterocycles. The molecule has 0 radical (unpaired) electrons. The highest BCUT2D eigenvalue weighted by Crippen LogP contribution is 2.34. The minimum absolute atomic E-state index is 0.208. The SMILES string of the molecule is CCCCCC[C@H]1CC[C@H](CCc2ccc(C#N)c(F)c2F)CC1. The van der Waals surface area contributed by atoms with Crippen LogP contribution in [-0.4, -0.2) is 0 Å². The molecule has 0 amide bonds. The van der Waals surface area contributed by atoms with Crippen molar-refractivity contribution in [2.24, 2.45) is 11.8 Å². The zero-order chi connectivity index (χ0) is 17.4. The van der Waals surface area contributed by atoms with Crippen molar-refractivity contribution in [1.82, 2.24) is 0 Å². The Hall–Kier alpha value is -1.43. The van der Waals surface area contributed by atoms with Crippen LogP contribution in [-0.2, 0) is 6.42 Å². The van der Waals surface area contributed by atoms with Gasteiger partial charge in [-0.1, -0.05) is 70.8 Å². The molecule has 1 aliphatic carbocycles. The largest absolute Gasteiger partial charge is 0.203 e. The van der Waals surface area contributed by atoms with Crippen molar-refractivity contribution in [1.29, 1.82) is 5.26 Å². The second-order valence-electron chi connectivity index (χ2n) is 7.29. The van der Waals surface area contributed by atoms with Crippen LogP contribution >= 0.6 is 0 Å². The van der Waals surface area contributed by atoms with Crippen molar-refractivity contribution in [3.05, 3.63) is 34.9 Å². The molecule has 1 aromatic rings. The molecule has 1 saturated carbocycles. The lowest BCUT2D eigenvalue weighted by Gasteiger charge is -2.28. The summed E-state index contributed by atoms with van der Waals surface area (Å²) in [6.45, 7) is 2.24. The molecule has 24 heavy (non-hydrogen) atoms. The number of nitriles is 1. The minimum atomic E-state index is -0.995. The van der Waals surface area contributed by atoms with Gasteiger partial charge in [0.25, 0.3) is 0 Å². The van der Waals surface area contributed by atoms with E-state index < -0.39 is 11.6 Å². The highest BCUT2D eigenvalue weighted by Gasteiger charge is 2.21. The third-order valence-electron chi connectivity index (χ3n) is 5.54. The van der Waals surface area contributed by atoms with Crippen LogP contribution in [0.5, 0.6) is 0 Å². The van der Waals surface area contributed by atoms with E-state index in [1.54, 1.807) is 12.1 Å². The Kier molecular flexibility index (Phi) is 7.69. The molecule has 0 spiro atoms. The average molecular weight is 333 g/mol. The molecule has 0 saturated heterocycles. The zero-order valence-corrected chi connectivity index (χ0v) is 14.8. The second-order valence-corrected chi connectivity index (χ2v) is 7.29. The van der Waals surface area contributed by atoms with Crippen LogP contribution in [0.3, 0.4) is 0 Å². The van der Waals surface area contributed by atoms with Gasteiger partial charge >= 0.3 is 0 Å². The molecule has 0 N–H and O–H groups in total. The molecule has 2 rings (SSSR count). The van der Waals surface area contributed by atoms with E-state index in [1.807, 2.05) is 0 Å². The van der Waals surface area contributed by atoms with Crippen LogP contribution in [0.2, 0.25) is 0 Å². The maximum absolute atomic E-state index is 13.9. The topological polar surface area (TPSA) is 23.8 Å². The minimum Gasteiger partial charge on any atom is -0.203 e. The third-order valence-corrected chi connectivity index (χ3v) is 5.54. The molecule has 0 bridgehead atoms. The summed E-state index contributed by atoms with van der Waals surface area (Å²) in [4.78, 5) is 0. The number of unbranched alkanes of at least 4 members (excludes halogenated alkanes) is 3. The van der Waals surface area contributed by atoms with Crippen molar-refractivity contribution >= 4 is 0 Å². The van der Waals surface area contributed by atoms with Gasteiger partial charge in [-0.3, -0.25) is 0 Å². The Morgan fingerprint density at radius 2 is 1.62 bits per heavy atom. The molecule has 0 aliphatic heterocycles. The molecule has 132 valence electrons. The Morgan fingerprint density at radius 3 is 2.25 bits per heavy atom. The van der Waals surface area contributed by atoms with Crippen molar-refractivity contribution < 1.29 is 8.78 Å². The Labute approximate surface area is 145 Å². The summed E-state index contributed by atoms with van der Waals surface area (Å²) in [5.74, 6) is -0.318. The molecule has 1 aromatic carbocycles. The summed E-state index contributed by atoms with van der Waals surface area (Å²) in [5.41, 5.74) is 0.202. The molecular weight excluding hydrogens is 304 g/mol. The lowest BCUT2D eigenvalue weighted by atomic mass is 9.77. The van der Waals surface area contributed by atoms with Crippen LogP contribution in [0.1, 0.15) is 82.3 Å². The zero-order valence-electron chi connectivity index (χ0n) is 14.8. The normalized spacial score (nSPS) is 20.8. The predicted octanol–water partition coefficient (Wildman–Crippen LogP) is 6.55. The first-order chi connectivity index (χ1) is 11.7. The number of nitrogens with zero attached hydrogens (tertiary/aromatic N) is 1. The summed E-state index contributed by atoms with van der Waals surface area (Å²) in [7, 11) is 0. The number of hydrogen-bond donors (Lipinski definition) is 0. The molecule has 0 unspecified atom stereocenters. The van der Waals surface area contributed by atoms with Crippen molar-refractivity contribution in [2.75, 3.05) is 0 Å². The number of aryl methyl sites for hydroxylation is 1. The summed E-state index contributed by atoms with van der Waals surface area (Å²) in [6, 6.07) is 4.64.